The summed E-state index contributed by atoms with van der Waals surface area (Å²) in [6, 6.07) is 10.7. The van der Waals surface area contributed by atoms with Crippen molar-refractivity contribution in [2.24, 2.45) is 0 Å². The van der Waals surface area contributed by atoms with Gasteiger partial charge in [0.15, 0.2) is 0 Å². The molecule has 84 valence electrons. The molecule has 0 atom stereocenters. The van der Waals surface area contributed by atoms with E-state index in [0.717, 1.165) is 5.75 Å². The molecule has 0 fully saturated rings. The van der Waals surface area contributed by atoms with Crippen molar-refractivity contribution in [2.75, 3.05) is 7.11 Å². The minimum absolute atomic E-state index is 0.537. The predicted molar refractivity (Wildman–Crippen MR) is 69.3 cm³/mol. The topological polar surface area (TPSA) is 9.23 Å². The fraction of sp³-hybridized carbons (Fsp3) is 0.333. The zero-order chi connectivity index (χ0) is 11.7. The van der Waals surface area contributed by atoms with Gasteiger partial charge in [0.2, 0.25) is 0 Å². The molecule has 16 heavy (non-hydrogen) atoms. The van der Waals surface area contributed by atoms with Gasteiger partial charge in [-0.2, -0.15) is 0 Å². The molecule has 2 aromatic carbocycles. The summed E-state index contributed by atoms with van der Waals surface area (Å²) in [5.74, 6) is 1.54. The van der Waals surface area contributed by atoms with E-state index in [-0.39, 0.29) is 0 Å². The Kier molecular flexibility index (Phi) is 2.86. The first-order chi connectivity index (χ1) is 7.65. The summed E-state index contributed by atoms with van der Waals surface area (Å²) in [5.41, 5.74) is 2.61. The number of hydrogen-bond acceptors (Lipinski definition) is 1. The lowest BCUT2D eigenvalue weighted by Crippen LogP contribution is -1.95. The summed E-state index contributed by atoms with van der Waals surface area (Å²) < 4.78 is 5.49. The van der Waals surface area contributed by atoms with Crippen LogP contribution in [0.25, 0.3) is 10.8 Å². The molecule has 0 radical (unpaired) electrons. The van der Waals surface area contributed by atoms with Crippen LogP contribution in [0.3, 0.4) is 0 Å². The highest BCUT2D eigenvalue weighted by atomic mass is 16.5. The van der Waals surface area contributed by atoms with Crippen molar-refractivity contribution in [1.29, 1.82) is 0 Å². The van der Waals surface area contributed by atoms with Gasteiger partial charge in [0.25, 0.3) is 0 Å². The van der Waals surface area contributed by atoms with E-state index in [0.29, 0.717) is 5.92 Å². The van der Waals surface area contributed by atoms with Crippen LogP contribution >= 0.6 is 0 Å². The van der Waals surface area contributed by atoms with Gasteiger partial charge in [-0.15, -0.1) is 0 Å². The van der Waals surface area contributed by atoms with Crippen LogP contribution in [0.5, 0.6) is 5.75 Å². The van der Waals surface area contributed by atoms with E-state index in [1.54, 1.807) is 7.11 Å². The molecular formula is C15H18O. The molecule has 0 aliphatic rings. The Morgan fingerprint density at radius 1 is 1.06 bits per heavy atom. The molecule has 0 bridgehead atoms. The molecule has 2 rings (SSSR count). The molecule has 2 aromatic rings. The molecular weight excluding hydrogens is 196 g/mol. The molecule has 1 nitrogen and oxygen atoms in total. The molecule has 0 amide bonds. The van der Waals surface area contributed by atoms with E-state index in [9.17, 15) is 0 Å². The van der Waals surface area contributed by atoms with Crippen LogP contribution in [0.4, 0.5) is 0 Å². The standard InChI is InChI=1S/C15H18O/c1-10(2)14-9-11(3)15(16-4)13-8-6-5-7-12(13)14/h5-10H,1-4H3. The SMILES string of the molecule is COc1c(C)cc(C(C)C)c2ccccc12. The molecule has 0 aromatic heterocycles. The summed E-state index contributed by atoms with van der Waals surface area (Å²) in [6.45, 7) is 6.57. The summed E-state index contributed by atoms with van der Waals surface area (Å²) in [7, 11) is 1.74. The lowest BCUT2D eigenvalue weighted by atomic mass is 9.93. The van der Waals surface area contributed by atoms with Crippen molar-refractivity contribution in [3.05, 3.63) is 41.5 Å². The molecule has 0 saturated heterocycles. The van der Waals surface area contributed by atoms with Crippen LogP contribution in [-0.4, -0.2) is 7.11 Å². The number of benzene rings is 2. The van der Waals surface area contributed by atoms with Gasteiger partial charge >= 0.3 is 0 Å². The quantitative estimate of drug-likeness (QED) is 0.725. The second-order valence-electron chi connectivity index (χ2n) is 4.52. The zero-order valence-electron chi connectivity index (χ0n) is 10.4. The lowest BCUT2D eigenvalue weighted by molar-refractivity contribution is 0.416. The van der Waals surface area contributed by atoms with Gasteiger partial charge in [0.1, 0.15) is 5.75 Å². The first-order valence-corrected chi connectivity index (χ1v) is 5.71. The number of ether oxygens (including phenoxy) is 1. The van der Waals surface area contributed by atoms with Crippen molar-refractivity contribution in [3.63, 3.8) is 0 Å². The third kappa shape index (κ3) is 1.67. The normalized spacial score (nSPS) is 11.1. The smallest absolute Gasteiger partial charge is 0.129 e. The van der Waals surface area contributed by atoms with Gasteiger partial charge in [0, 0.05) is 5.39 Å². The molecule has 0 heterocycles. The number of hydrogen-bond donors (Lipinski definition) is 0. The van der Waals surface area contributed by atoms with Crippen LogP contribution in [0.2, 0.25) is 0 Å². The van der Waals surface area contributed by atoms with Crippen LogP contribution in [-0.2, 0) is 0 Å². The van der Waals surface area contributed by atoms with E-state index in [1.807, 2.05) is 0 Å². The average Bonchev–Trinajstić information content (AvgIpc) is 2.28. The fourth-order valence-electron chi connectivity index (χ4n) is 2.27. The Hall–Kier alpha value is -1.50. The van der Waals surface area contributed by atoms with Gasteiger partial charge in [-0.3, -0.25) is 0 Å². The second kappa shape index (κ2) is 4.17. The van der Waals surface area contributed by atoms with Crippen LogP contribution in [0.1, 0.15) is 30.9 Å². The van der Waals surface area contributed by atoms with Gasteiger partial charge in [-0.25, -0.2) is 0 Å². The molecule has 0 aliphatic heterocycles. The zero-order valence-corrected chi connectivity index (χ0v) is 10.4. The Balaban J connectivity index is 2.86. The van der Waals surface area contributed by atoms with Gasteiger partial charge in [0.05, 0.1) is 7.11 Å². The summed E-state index contributed by atoms with van der Waals surface area (Å²) in [6.07, 6.45) is 0. The molecule has 0 unspecified atom stereocenters. The summed E-state index contributed by atoms with van der Waals surface area (Å²) in [4.78, 5) is 0. The molecule has 0 spiro atoms. The van der Waals surface area contributed by atoms with Crippen molar-refractivity contribution < 1.29 is 4.74 Å². The highest BCUT2D eigenvalue weighted by Crippen LogP contribution is 2.34. The Bertz CT molecular complexity index is 512. The minimum atomic E-state index is 0.537. The first kappa shape index (κ1) is 11.0. The summed E-state index contributed by atoms with van der Waals surface area (Å²) in [5, 5.41) is 2.52. The fourth-order valence-corrected chi connectivity index (χ4v) is 2.27. The maximum Gasteiger partial charge on any atom is 0.129 e. The number of rotatable bonds is 2. The third-order valence-electron chi connectivity index (χ3n) is 3.04. The van der Waals surface area contributed by atoms with E-state index >= 15 is 0 Å². The highest BCUT2D eigenvalue weighted by molar-refractivity contribution is 5.92. The minimum Gasteiger partial charge on any atom is -0.496 e. The van der Waals surface area contributed by atoms with E-state index in [1.165, 1.54) is 21.9 Å². The first-order valence-electron chi connectivity index (χ1n) is 5.71. The molecule has 0 N–H and O–H groups in total. The van der Waals surface area contributed by atoms with Crippen molar-refractivity contribution in [3.8, 4) is 5.75 Å². The van der Waals surface area contributed by atoms with E-state index in [2.05, 4.69) is 51.1 Å². The maximum absolute atomic E-state index is 5.49. The lowest BCUT2D eigenvalue weighted by Gasteiger charge is -2.15. The number of methoxy groups -OCH3 is 1. The monoisotopic (exact) mass is 214 g/mol. The van der Waals surface area contributed by atoms with Gasteiger partial charge in [-0.05, 0) is 29.4 Å². The van der Waals surface area contributed by atoms with Gasteiger partial charge < -0.3 is 4.74 Å². The van der Waals surface area contributed by atoms with Crippen LogP contribution in [0.15, 0.2) is 30.3 Å². The van der Waals surface area contributed by atoms with Crippen LogP contribution in [0, 0.1) is 6.92 Å². The predicted octanol–water partition coefficient (Wildman–Crippen LogP) is 4.28. The van der Waals surface area contributed by atoms with E-state index < -0.39 is 0 Å². The van der Waals surface area contributed by atoms with Crippen molar-refractivity contribution in [2.45, 2.75) is 26.7 Å². The Morgan fingerprint density at radius 3 is 2.25 bits per heavy atom. The van der Waals surface area contributed by atoms with Crippen molar-refractivity contribution >= 4 is 10.8 Å². The highest BCUT2D eigenvalue weighted by Gasteiger charge is 2.11. The van der Waals surface area contributed by atoms with E-state index in [4.69, 9.17) is 4.74 Å². The third-order valence-corrected chi connectivity index (χ3v) is 3.04. The number of aryl methyl sites for hydroxylation is 1. The second-order valence-corrected chi connectivity index (χ2v) is 4.52. The molecule has 1 heteroatoms. The molecule has 0 aliphatic carbocycles. The van der Waals surface area contributed by atoms with Crippen LogP contribution < -0.4 is 4.74 Å². The van der Waals surface area contributed by atoms with Crippen molar-refractivity contribution in [1.82, 2.24) is 0 Å². The largest absolute Gasteiger partial charge is 0.496 e. The Morgan fingerprint density at radius 2 is 1.69 bits per heavy atom. The summed E-state index contributed by atoms with van der Waals surface area (Å²) >= 11 is 0. The number of fused-ring (bicyclic) bond motifs is 1. The molecule has 0 saturated carbocycles. The maximum atomic E-state index is 5.49. The Labute approximate surface area is 97.1 Å². The van der Waals surface area contributed by atoms with Gasteiger partial charge in [-0.1, -0.05) is 44.2 Å². The average molecular weight is 214 g/mol.